The number of likely N-dealkylation sites (tertiary alicyclic amines) is 1. The maximum atomic E-state index is 14.8. The third kappa shape index (κ3) is 5.78. The maximum Gasteiger partial charge on any atom is 0.312 e. The molecule has 2 bridgehead atoms. The topological polar surface area (TPSA) is 99.6 Å². The number of benzene rings is 1. The van der Waals surface area contributed by atoms with Crippen molar-refractivity contribution >= 4 is 45.1 Å². The van der Waals surface area contributed by atoms with Crippen LogP contribution >= 0.6 is 15.9 Å². The van der Waals surface area contributed by atoms with Crippen LogP contribution in [0.4, 0.5) is 11.4 Å². The molecule has 2 amide bonds. The quantitative estimate of drug-likeness (QED) is 0.130. The summed E-state index contributed by atoms with van der Waals surface area (Å²) in [6, 6.07) is 6.11. The van der Waals surface area contributed by atoms with Crippen LogP contribution in [0.1, 0.15) is 47.0 Å². The first-order valence-electron chi connectivity index (χ1n) is 15.4. The van der Waals surface area contributed by atoms with Crippen molar-refractivity contribution in [2.75, 3.05) is 42.6 Å². The molecular weight excluding hydrogens is 614 g/mol. The van der Waals surface area contributed by atoms with Crippen LogP contribution in [0, 0.1) is 17.8 Å². The Morgan fingerprint density at radius 2 is 1.84 bits per heavy atom. The van der Waals surface area contributed by atoms with Gasteiger partial charge in [0.25, 0.3) is 5.91 Å². The van der Waals surface area contributed by atoms with E-state index in [0.29, 0.717) is 24.9 Å². The number of aliphatic hydroxyl groups is 1. The molecule has 1 aromatic rings. The molecule has 3 saturated heterocycles. The largest absolute Gasteiger partial charge is 0.465 e. The molecule has 0 saturated carbocycles. The molecule has 10 heteroatoms. The molecule has 1 spiro atoms. The van der Waals surface area contributed by atoms with E-state index in [0.717, 1.165) is 18.8 Å². The Bertz CT molecular complexity index is 1190. The molecule has 236 valence electrons. The average molecular weight is 661 g/mol. The van der Waals surface area contributed by atoms with E-state index in [1.807, 2.05) is 38.1 Å². The minimum absolute atomic E-state index is 0.101. The van der Waals surface area contributed by atoms with Crippen molar-refractivity contribution in [2.45, 2.75) is 75.6 Å². The number of nitrogens with zero attached hydrogens (tertiary/aromatic N) is 3. The SMILES string of the molecule is C=CCCOC(=O)[C@H]1[C@H]2C(=O)N([C@@H](CO)[C@@H](C)CC)C(C(=O)N(CC=C)c3ccc(N(CC)CC)cc3)C23CC(Br)[C@@H]1O3. The summed E-state index contributed by atoms with van der Waals surface area (Å²) >= 11 is 3.70. The summed E-state index contributed by atoms with van der Waals surface area (Å²) in [5, 5.41) is 10.6. The predicted octanol–water partition coefficient (Wildman–Crippen LogP) is 4.33. The number of hydrogen-bond acceptors (Lipinski definition) is 7. The van der Waals surface area contributed by atoms with Crippen molar-refractivity contribution < 1.29 is 29.0 Å². The van der Waals surface area contributed by atoms with Crippen molar-refractivity contribution in [3.63, 3.8) is 0 Å². The second kappa shape index (κ2) is 13.9. The van der Waals surface area contributed by atoms with Crippen LogP contribution in [0.2, 0.25) is 0 Å². The lowest BCUT2D eigenvalue weighted by molar-refractivity contribution is -0.156. The summed E-state index contributed by atoms with van der Waals surface area (Å²) in [6.45, 7) is 17.5. The van der Waals surface area contributed by atoms with Gasteiger partial charge < -0.3 is 29.3 Å². The average Bonchev–Trinajstić information content (AvgIpc) is 3.60. The van der Waals surface area contributed by atoms with Gasteiger partial charge in [0.1, 0.15) is 11.6 Å². The Kier molecular flexibility index (Phi) is 10.8. The van der Waals surface area contributed by atoms with Crippen LogP contribution in [-0.4, -0.2) is 89.3 Å². The molecular formula is C33H46BrN3O6. The van der Waals surface area contributed by atoms with Crippen molar-refractivity contribution in [3.8, 4) is 0 Å². The Balaban J connectivity index is 1.80. The number of rotatable bonds is 15. The Labute approximate surface area is 264 Å². The standard InChI is InChI=1S/C33H46BrN3O6/c1-7-12-18-42-32(41)26-27-30(39)37(25(20-38)21(6)9-3)29(33(27)19-24(34)28(26)43-33)31(40)36(17-8-2)23-15-13-22(14-16-23)35(10-4)11-5/h7-8,13-16,21,24-29,38H,1-2,9-12,17-20H2,3-6H3/t21-,24?,25-,26-,27-,28-,29?,33?/m0/s1. The first-order valence-corrected chi connectivity index (χ1v) is 16.4. The van der Waals surface area contributed by atoms with Gasteiger partial charge in [0.15, 0.2) is 0 Å². The molecule has 3 aliphatic heterocycles. The summed E-state index contributed by atoms with van der Waals surface area (Å²) in [7, 11) is 0. The fraction of sp³-hybridized carbons (Fsp3) is 0.606. The number of aliphatic hydroxyl groups excluding tert-OH is 1. The molecule has 43 heavy (non-hydrogen) atoms. The third-order valence-electron chi connectivity index (χ3n) is 9.51. The van der Waals surface area contributed by atoms with Crippen LogP contribution in [0.15, 0.2) is 49.6 Å². The minimum atomic E-state index is -1.25. The molecule has 3 aliphatic rings. The Morgan fingerprint density at radius 1 is 1.19 bits per heavy atom. The number of fused-ring (bicyclic) bond motifs is 1. The van der Waals surface area contributed by atoms with Gasteiger partial charge in [0.2, 0.25) is 5.91 Å². The second-order valence-electron chi connectivity index (χ2n) is 11.7. The van der Waals surface area contributed by atoms with E-state index < -0.39 is 41.6 Å². The lowest BCUT2D eigenvalue weighted by atomic mass is 9.70. The van der Waals surface area contributed by atoms with E-state index >= 15 is 0 Å². The molecule has 3 heterocycles. The van der Waals surface area contributed by atoms with Gasteiger partial charge in [-0.3, -0.25) is 14.4 Å². The molecule has 8 atom stereocenters. The highest BCUT2D eigenvalue weighted by molar-refractivity contribution is 9.09. The monoisotopic (exact) mass is 659 g/mol. The van der Waals surface area contributed by atoms with Gasteiger partial charge in [-0.05, 0) is 56.9 Å². The van der Waals surface area contributed by atoms with Gasteiger partial charge >= 0.3 is 5.97 Å². The van der Waals surface area contributed by atoms with Gasteiger partial charge in [-0.15, -0.1) is 13.2 Å². The van der Waals surface area contributed by atoms with Crippen LogP contribution in [0.3, 0.4) is 0 Å². The number of alkyl halides is 1. The molecule has 3 unspecified atom stereocenters. The normalized spacial score (nSPS) is 28.7. The molecule has 4 rings (SSSR count). The number of hydrogen-bond donors (Lipinski definition) is 1. The van der Waals surface area contributed by atoms with Gasteiger partial charge in [-0.2, -0.15) is 0 Å². The van der Waals surface area contributed by atoms with E-state index in [-0.39, 0.29) is 42.3 Å². The zero-order valence-electron chi connectivity index (χ0n) is 25.8. The predicted molar refractivity (Wildman–Crippen MR) is 171 cm³/mol. The maximum absolute atomic E-state index is 14.8. The number of esters is 1. The Hall–Kier alpha value is -2.69. The Morgan fingerprint density at radius 3 is 2.40 bits per heavy atom. The lowest BCUT2D eigenvalue weighted by Crippen LogP contribution is -2.60. The van der Waals surface area contributed by atoms with Crippen molar-refractivity contribution in [1.82, 2.24) is 4.90 Å². The van der Waals surface area contributed by atoms with Crippen molar-refractivity contribution in [2.24, 2.45) is 17.8 Å². The van der Waals surface area contributed by atoms with Crippen molar-refractivity contribution in [1.29, 1.82) is 0 Å². The molecule has 1 aromatic carbocycles. The molecule has 0 radical (unpaired) electrons. The van der Waals surface area contributed by atoms with Gasteiger partial charge in [0.05, 0.1) is 37.2 Å². The highest BCUT2D eigenvalue weighted by Gasteiger charge is 2.77. The second-order valence-corrected chi connectivity index (χ2v) is 12.9. The summed E-state index contributed by atoms with van der Waals surface area (Å²) < 4.78 is 12.2. The number of halogens is 1. The van der Waals surface area contributed by atoms with E-state index in [2.05, 4.69) is 47.8 Å². The first kappa shape index (κ1) is 33.2. The third-order valence-corrected chi connectivity index (χ3v) is 10.4. The zero-order chi connectivity index (χ0) is 31.5. The van der Waals surface area contributed by atoms with Gasteiger partial charge in [-0.1, -0.05) is 48.4 Å². The smallest absolute Gasteiger partial charge is 0.312 e. The van der Waals surface area contributed by atoms with E-state index in [9.17, 15) is 19.5 Å². The van der Waals surface area contributed by atoms with E-state index in [4.69, 9.17) is 9.47 Å². The van der Waals surface area contributed by atoms with Gasteiger partial charge in [-0.25, -0.2) is 0 Å². The summed E-state index contributed by atoms with van der Waals surface area (Å²) in [5.74, 6) is -3.05. The van der Waals surface area contributed by atoms with E-state index in [1.165, 1.54) is 4.90 Å². The van der Waals surface area contributed by atoms with Crippen LogP contribution in [-0.2, 0) is 23.9 Å². The van der Waals surface area contributed by atoms with Gasteiger partial charge in [0, 0.05) is 35.8 Å². The molecule has 0 aliphatic carbocycles. The molecule has 3 fully saturated rings. The fourth-order valence-corrected chi connectivity index (χ4v) is 8.10. The number of anilines is 2. The van der Waals surface area contributed by atoms with Crippen molar-refractivity contribution in [3.05, 3.63) is 49.6 Å². The van der Waals surface area contributed by atoms with E-state index in [1.54, 1.807) is 17.1 Å². The summed E-state index contributed by atoms with van der Waals surface area (Å²) in [4.78, 5) is 47.9. The molecule has 9 nitrogen and oxygen atoms in total. The summed E-state index contributed by atoms with van der Waals surface area (Å²) in [5.41, 5.74) is 0.461. The van der Waals surface area contributed by atoms with Crippen LogP contribution in [0.5, 0.6) is 0 Å². The number of ether oxygens (including phenoxy) is 2. The van der Waals surface area contributed by atoms with Crippen LogP contribution in [0.25, 0.3) is 0 Å². The number of carbonyl (C=O) groups is 3. The highest BCUT2D eigenvalue weighted by Crippen LogP contribution is 2.61. The molecule has 0 aromatic heterocycles. The summed E-state index contributed by atoms with van der Waals surface area (Å²) in [6.07, 6.45) is 4.26. The lowest BCUT2D eigenvalue weighted by Gasteiger charge is -2.41. The minimum Gasteiger partial charge on any atom is -0.465 e. The van der Waals surface area contributed by atoms with Crippen LogP contribution < -0.4 is 9.80 Å². The number of amides is 2. The first-order chi connectivity index (χ1) is 20.6. The fourth-order valence-electron chi connectivity index (χ4n) is 7.16. The zero-order valence-corrected chi connectivity index (χ0v) is 27.4. The highest BCUT2D eigenvalue weighted by atomic mass is 79.9. The number of carbonyl (C=O) groups excluding carboxylic acids is 3. The molecule has 1 N–H and O–H groups in total.